The SMILES string of the molecule is CCc1cc(N2CCCC(C(C)(C)C(=O)OC)C2)nc(-c2ccccn2)n1. The van der Waals surface area contributed by atoms with Gasteiger partial charge in [-0.2, -0.15) is 0 Å². The monoisotopic (exact) mass is 368 g/mol. The standard InChI is InChI=1S/C21H28N4O2/c1-5-16-13-18(24-19(23-16)17-10-6-7-11-22-17)25-12-8-9-15(14-25)21(2,3)20(26)27-4/h6-7,10-11,13,15H,5,8-9,12,14H2,1-4H3. The van der Waals surface area contributed by atoms with Gasteiger partial charge in [0.15, 0.2) is 5.82 Å². The molecule has 0 N–H and O–H groups in total. The van der Waals surface area contributed by atoms with Gasteiger partial charge in [-0.25, -0.2) is 9.97 Å². The summed E-state index contributed by atoms with van der Waals surface area (Å²) in [5, 5.41) is 0. The van der Waals surface area contributed by atoms with E-state index in [1.165, 1.54) is 7.11 Å². The van der Waals surface area contributed by atoms with Crippen LogP contribution in [-0.4, -0.2) is 41.1 Å². The lowest BCUT2D eigenvalue weighted by Gasteiger charge is -2.40. The quantitative estimate of drug-likeness (QED) is 0.752. The number of pyridine rings is 1. The summed E-state index contributed by atoms with van der Waals surface area (Å²) in [5.41, 5.74) is 1.25. The van der Waals surface area contributed by atoms with Crippen molar-refractivity contribution < 1.29 is 9.53 Å². The van der Waals surface area contributed by atoms with Crippen LogP contribution in [0, 0.1) is 11.3 Å². The van der Waals surface area contributed by atoms with Crippen LogP contribution in [0.1, 0.15) is 39.3 Å². The average molecular weight is 368 g/mol. The Morgan fingerprint density at radius 2 is 2.15 bits per heavy atom. The molecule has 2 aromatic heterocycles. The summed E-state index contributed by atoms with van der Waals surface area (Å²) in [7, 11) is 1.46. The summed E-state index contributed by atoms with van der Waals surface area (Å²) in [6.45, 7) is 7.75. The van der Waals surface area contributed by atoms with Crippen molar-refractivity contribution in [2.24, 2.45) is 11.3 Å². The molecule has 0 saturated carbocycles. The highest BCUT2D eigenvalue weighted by molar-refractivity contribution is 5.76. The number of nitrogens with zero attached hydrogens (tertiary/aromatic N) is 4. The summed E-state index contributed by atoms with van der Waals surface area (Å²) in [6, 6.07) is 7.82. The molecular weight excluding hydrogens is 340 g/mol. The maximum absolute atomic E-state index is 12.2. The van der Waals surface area contributed by atoms with Crippen LogP contribution in [0.3, 0.4) is 0 Å². The van der Waals surface area contributed by atoms with Crippen LogP contribution < -0.4 is 4.90 Å². The summed E-state index contributed by atoms with van der Waals surface area (Å²) < 4.78 is 5.03. The number of carbonyl (C=O) groups excluding carboxylic acids is 1. The van der Waals surface area contributed by atoms with Crippen molar-refractivity contribution in [1.82, 2.24) is 15.0 Å². The van der Waals surface area contributed by atoms with Crippen LogP contribution in [-0.2, 0) is 16.0 Å². The van der Waals surface area contributed by atoms with E-state index in [1.807, 2.05) is 32.0 Å². The van der Waals surface area contributed by atoms with Gasteiger partial charge in [0.05, 0.1) is 12.5 Å². The molecule has 0 radical (unpaired) electrons. The number of rotatable bonds is 5. The molecule has 0 spiro atoms. The maximum atomic E-state index is 12.2. The third-order valence-corrected chi connectivity index (χ3v) is 5.50. The van der Waals surface area contributed by atoms with E-state index in [0.717, 1.165) is 49.6 Å². The summed E-state index contributed by atoms with van der Waals surface area (Å²) >= 11 is 0. The molecule has 1 aliphatic rings. The molecular formula is C21H28N4O2. The molecule has 0 aromatic carbocycles. The van der Waals surface area contributed by atoms with E-state index in [9.17, 15) is 4.79 Å². The number of hydrogen-bond donors (Lipinski definition) is 0. The molecule has 1 unspecified atom stereocenters. The molecule has 0 bridgehead atoms. The van der Waals surface area contributed by atoms with E-state index < -0.39 is 5.41 Å². The largest absolute Gasteiger partial charge is 0.469 e. The molecule has 6 nitrogen and oxygen atoms in total. The lowest BCUT2D eigenvalue weighted by Crippen LogP contribution is -2.45. The van der Waals surface area contributed by atoms with Crippen molar-refractivity contribution in [3.8, 4) is 11.5 Å². The van der Waals surface area contributed by atoms with E-state index in [2.05, 4.69) is 27.9 Å². The Labute approximate surface area is 161 Å². The van der Waals surface area contributed by atoms with Crippen LogP contribution in [0.15, 0.2) is 30.5 Å². The summed E-state index contributed by atoms with van der Waals surface area (Å²) in [6.07, 6.45) is 4.62. The van der Waals surface area contributed by atoms with Crippen molar-refractivity contribution >= 4 is 11.8 Å². The predicted octanol–water partition coefficient (Wildman–Crippen LogP) is 3.52. The minimum Gasteiger partial charge on any atom is -0.469 e. The number of hydrogen-bond acceptors (Lipinski definition) is 6. The van der Waals surface area contributed by atoms with Gasteiger partial charge < -0.3 is 9.64 Å². The Bertz CT molecular complexity index is 792. The zero-order chi connectivity index (χ0) is 19.4. The molecule has 2 aromatic rings. The fourth-order valence-corrected chi connectivity index (χ4v) is 3.64. The van der Waals surface area contributed by atoms with Gasteiger partial charge >= 0.3 is 5.97 Å². The van der Waals surface area contributed by atoms with Crippen molar-refractivity contribution in [3.63, 3.8) is 0 Å². The molecule has 1 atom stereocenters. The molecule has 27 heavy (non-hydrogen) atoms. The molecule has 144 valence electrons. The minimum absolute atomic E-state index is 0.152. The Morgan fingerprint density at radius 1 is 1.33 bits per heavy atom. The number of ether oxygens (including phenoxy) is 1. The van der Waals surface area contributed by atoms with Gasteiger partial charge in [0.1, 0.15) is 11.5 Å². The Kier molecular flexibility index (Phi) is 5.73. The number of esters is 1. The fraction of sp³-hybridized carbons (Fsp3) is 0.524. The molecule has 1 saturated heterocycles. The molecule has 0 amide bonds. The van der Waals surface area contributed by atoms with Crippen LogP contribution >= 0.6 is 0 Å². The normalized spacial score (nSPS) is 17.6. The molecule has 0 aliphatic carbocycles. The second-order valence-corrected chi connectivity index (χ2v) is 7.61. The Balaban J connectivity index is 1.90. The molecule has 1 fully saturated rings. The van der Waals surface area contributed by atoms with Crippen molar-refractivity contribution in [1.29, 1.82) is 0 Å². The number of carbonyl (C=O) groups is 1. The van der Waals surface area contributed by atoms with E-state index in [1.54, 1.807) is 6.20 Å². The molecule has 6 heteroatoms. The molecule has 3 rings (SSSR count). The van der Waals surface area contributed by atoms with Crippen LogP contribution in [0.4, 0.5) is 5.82 Å². The van der Waals surface area contributed by atoms with Gasteiger partial charge in [-0.3, -0.25) is 9.78 Å². The van der Waals surface area contributed by atoms with E-state index in [-0.39, 0.29) is 11.9 Å². The zero-order valence-electron chi connectivity index (χ0n) is 16.6. The number of anilines is 1. The lowest BCUT2D eigenvalue weighted by molar-refractivity contribution is -0.154. The highest BCUT2D eigenvalue weighted by Crippen LogP contribution is 2.36. The second kappa shape index (κ2) is 8.03. The fourth-order valence-electron chi connectivity index (χ4n) is 3.64. The number of piperidine rings is 1. The first kappa shape index (κ1) is 19.3. The first-order chi connectivity index (χ1) is 13.0. The van der Waals surface area contributed by atoms with Crippen molar-refractivity contribution in [2.75, 3.05) is 25.1 Å². The third-order valence-electron chi connectivity index (χ3n) is 5.50. The maximum Gasteiger partial charge on any atom is 0.311 e. The topological polar surface area (TPSA) is 68.2 Å². The molecule has 3 heterocycles. The van der Waals surface area contributed by atoms with E-state index in [0.29, 0.717) is 5.82 Å². The zero-order valence-corrected chi connectivity index (χ0v) is 16.6. The Morgan fingerprint density at radius 3 is 2.81 bits per heavy atom. The highest BCUT2D eigenvalue weighted by Gasteiger charge is 2.40. The number of aryl methyl sites for hydroxylation is 1. The van der Waals surface area contributed by atoms with Crippen LogP contribution in [0.2, 0.25) is 0 Å². The third kappa shape index (κ3) is 4.10. The van der Waals surface area contributed by atoms with Crippen molar-refractivity contribution in [2.45, 2.75) is 40.0 Å². The first-order valence-corrected chi connectivity index (χ1v) is 9.58. The number of methoxy groups -OCH3 is 1. The van der Waals surface area contributed by atoms with Gasteiger partial charge in [0, 0.05) is 31.0 Å². The van der Waals surface area contributed by atoms with E-state index in [4.69, 9.17) is 9.72 Å². The van der Waals surface area contributed by atoms with Crippen LogP contribution in [0.25, 0.3) is 11.5 Å². The van der Waals surface area contributed by atoms with Gasteiger partial charge in [0.25, 0.3) is 0 Å². The van der Waals surface area contributed by atoms with Crippen LogP contribution in [0.5, 0.6) is 0 Å². The van der Waals surface area contributed by atoms with Gasteiger partial charge in [0.2, 0.25) is 0 Å². The van der Waals surface area contributed by atoms with Gasteiger partial charge in [-0.15, -0.1) is 0 Å². The lowest BCUT2D eigenvalue weighted by atomic mass is 9.74. The molecule has 1 aliphatic heterocycles. The first-order valence-electron chi connectivity index (χ1n) is 9.58. The average Bonchev–Trinajstić information content (AvgIpc) is 2.73. The number of aromatic nitrogens is 3. The predicted molar refractivity (Wildman–Crippen MR) is 105 cm³/mol. The summed E-state index contributed by atoms with van der Waals surface area (Å²) in [4.78, 5) is 28.4. The van der Waals surface area contributed by atoms with Gasteiger partial charge in [-0.05, 0) is 51.2 Å². The van der Waals surface area contributed by atoms with Crippen molar-refractivity contribution in [3.05, 3.63) is 36.2 Å². The minimum atomic E-state index is -0.516. The smallest absolute Gasteiger partial charge is 0.311 e. The highest BCUT2D eigenvalue weighted by atomic mass is 16.5. The summed E-state index contributed by atoms with van der Waals surface area (Å²) in [5.74, 6) is 1.63. The van der Waals surface area contributed by atoms with Gasteiger partial charge in [-0.1, -0.05) is 13.0 Å². The van der Waals surface area contributed by atoms with E-state index >= 15 is 0 Å². The second-order valence-electron chi connectivity index (χ2n) is 7.61. The Hall–Kier alpha value is -2.50.